The summed E-state index contributed by atoms with van der Waals surface area (Å²) in [6.07, 6.45) is 1.70. The van der Waals surface area contributed by atoms with E-state index in [1.807, 2.05) is 30.3 Å². The van der Waals surface area contributed by atoms with Crippen molar-refractivity contribution in [3.63, 3.8) is 0 Å². The van der Waals surface area contributed by atoms with Crippen molar-refractivity contribution in [3.05, 3.63) is 132 Å². The number of aliphatic hydroxyl groups excluding tert-OH is 1. The van der Waals surface area contributed by atoms with Crippen LogP contribution in [0.15, 0.2) is 109 Å². The topological polar surface area (TPSA) is 45.1 Å². The molecule has 3 nitrogen and oxygen atoms in total. The van der Waals surface area contributed by atoms with E-state index in [0.29, 0.717) is 0 Å². The Bertz CT molecular complexity index is 904. The summed E-state index contributed by atoms with van der Waals surface area (Å²) in [5.74, 6) is 0.744. The van der Waals surface area contributed by atoms with Gasteiger partial charge in [0, 0.05) is 6.20 Å². The first-order chi connectivity index (χ1) is 13.8. The SMILES string of the molecule is OCc1ccc(NC(c2ccccc2)(c2ccccc2)c2ccccc2)nc1. The van der Waals surface area contributed by atoms with Crippen molar-refractivity contribution in [2.75, 3.05) is 5.32 Å². The molecule has 3 aromatic carbocycles. The predicted molar refractivity (Wildman–Crippen MR) is 113 cm³/mol. The molecule has 138 valence electrons. The molecule has 0 bridgehead atoms. The number of hydrogen-bond donors (Lipinski definition) is 2. The summed E-state index contributed by atoms with van der Waals surface area (Å²) >= 11 is 0. The van der Waals surface area contributed by atoms with E-state index in [-0.39, 0.29) is 6.61 Å². The molecule has 3 heteroatoms. The summed E-state index contributed by atoms with van der Waals surface area (Å²) in [6, 6.07) is 35.0. The van der Waals surface area contributed by atoms with Gasteiger partial charge in [0.15, 0.2) is 0 Å². The maximum Gasteiger partial charge on any atom is 0.127 e. The standard InChI is InChI=1S/C25H22N2O/c28-19-20-16-17-24(26-18-20)27-25(21-10-4-1-5-11-21,22-12-6-2-7-13-22)23-14-8-3-9-15-23/h1-18,28H,19H2,(H,26,27). The molecule has 4 aromatic rings. The minimum Gasteiger partial charge on any atom is -0.392 e. The lowest BCUT2D eigenvalue weighted by atomic mass is 9.77. The summed E-state index contributed by atoms with van der Waals surface area (Å²) in [6.45, 7) is -0.0194. The average Bonchev–Trinajstić information content (AvgIpc) is 2.80. The van der Waals surface area contributed by atoms with E-state index in [0.717, 1.165) is 28.1 Å². The lowest BCUT2D eigenvalue weighted by Gasteiger charge is -2.37. The normalized spacial score (nSPS) is 11.2. The number of benzene rings is 3. The minimum absolute atomic E-state index is 0.0194. The first kappa shape index (κ1) is 18.0. The van der Waals surface area contributed by atoms with E-state index in [9.17, 15) is 5.11 Å². The van der Waals surface area contributed by atoms with Crippen LogP contribution in [0.1, 0.15) is 22.3 Å². The number of nitrogens with zero attached hydrogens (tertiary/aromatic N) is 1. The molecule has 0 amide bonds. The molecule has 0 radical (unpaired) electrons. The lowest BCUT2D eigenvalue weighted by molar-refractivity contribution is 0.281. The first-order valence-electron chi connectivity index (χ1n) is 9.33. The molecule has 1 heterocycles. The number of aliphatic hydroxyl groups is 1. The van der Waals surface area contributed by atoms with Gasteiger partial charge in [-0.15, -0.1) is 0 Å². The third-order valence-electron chi connectivity index (χ3n) is 4.94. The number of anilines is 1. The Balaban J connectivity index is 1.95. The molecule has 0 unspecified atom stereocenters. The van der Waals surface area contributed by atoms with Crippen LogP contribution in [0.3, 0.4) is 0 Å². The maximum atomic E-state index is 9.33. The van der Waals surface area contributed by atoms with E-state index in [1.165, 1.54) is 0 Å². The summed E-state index contributed by atoms with van der Waals surface area (Å²) < 4.78 is 0. The molecule has 1 aromatic heterocycles. The van der Waals surface area contributed by atoms with Crippen molar-refractivity contribution in [2.24, 2.45) is 0 Å². The van der Waals surface area contributed by atoms with Crippen molar-refractivity contribution in [1.29, 1.82) is 0 Å². The number of rotatable bonds is 6. The highest BCUT2D eigenvalue weighted by Crippen LogP contribution is 2.39. The van der Waals surface area contributed by atoms with Crippen LogP contribution in [0, 0.1) is 0 Å². The van der Waals surface area contributed by atoms with Crippen LogP contribution in [0.5, 0.6) is 0 Å². The Kier molecular flexibility index (Phi) is 5.18. The number of pyridine rings is 1. The van der Waals surface area contributed by atoms with Gasteiger partial charge in [0.25, 0.3) is 0 Å². The van der Waals surface area contributed by atoms with Crippen molar-refractivity contribution < 1.29 is 5.11 Å². The van der Waals surface area contributed by atoms with Crippen molar-refractivity contribution in [3.8, 4) is 0 Å². The molecule has 28 heavy (non-hydrogen) atoms. The fourth-order valence-electron chi connectivity index (χ4n) is 3.57. The van der Waals surface area contributed by atoms with Gasteiger partial charge in [-0.2, -0.15) is 0 Å². The fourth-order valence-corrected chi connectivity index (χ4v) is 3.57. The first-order valence-corrected chi connectivity index (χ1v) is 9.33. The molecule has 0 aliphatic carbocycles. The maximum absolute atomic E-state index is 9.33. The molecule has 0 atom stereocenters. The average molecular weight is 366 g/mol. The molecular weight excluding hydrogens is 344 g/mol. The Hall–Kier alpha value is -3.43. The molecule has 0 saturated carbocycles. The van der Waals surface area contributed by atoms with Gasteiger partial charge in [-0.3, -0.25) is 0 Å². The van der Waals surface area contributed by atoms with Gasteiger partial charge in [-0.05, 0) is 28.3 Å². The molecule has 0 aliphatic heterocycles. The highest BCUT2D eigenvalue weighted by Gasteiger charge is 2.36. The second-order valence-corrected chi connectivity index (χ2v) is 6.68. The summed E-state index contributed by atoms with van der Waals surface area (Å²) in [7, 11) is 0. The highest BCUT2D eigenvalue weighted by atomic mass is 16.3. The zero-order valence-electron chi connectivity index (χ0n) is 15.5. The summed E-state index contributed by atoms with van der Waals surface area (Å²) in [5.41, 5.74) is 3.56. The zero-order valence-corrected chi connectivity index (χ0v) is 15.5. The largest absolute Gasteiger partial charge is 0.392 e. The van der Waals surface area contributed by atoms with Crippen LogP contribution in [-0.2, 0) is 12.1 Å². The third kappa shape index (κ3) is 3.40. The molecule has 0 spiro atoms. The molecule has 2 N–H and O–H groups in total. The van der Waals surface area contributed by atoms with Crippen molar-refractivity contribution in [1.82, 2.24) is 4.98 Å². The Morgan fingerprint density at radius 2 is 1.11 bits per heavy atom. The number of aromatic nitrogens is 1. The fraction of sp³-hybridized carbons (Fsp3) is 0.0800. The molecular formula is C25H22N2O. The lowest BCUT2D eigenvalue weighted by Crippen LogP contribution is -2.38. The van der Waals surface area contributed by atoms with Crippen LogP contribution >= 0.6 is 0 Å². The molecule has 0 saturated heterocycles. The summed E-state index contributed by atoms with van der Waals surface area (Å²) in [5, 5.41) is 13.0. The second kappa shape index (κ2) is 8.07. The smallest absolute Gasteiger partial charge is 0.127 e. The van der Waals surface area contributed by atoms with E-state index in [2.05, 4.69) is 83.1 Å². The van der Waals surface area contributed by atoms with Crippen molar-refractivity contribution >= 4 is 5.82 Å². The highest BCUT2D eigenvalue weighted by molar-refractivity contribution is 5.58. The van der Waals surface area contributed by atoms with Crippen molar-refractivity contribution in [2.45, 2.75) is 12.1 Å². The number of nitrogens with one attached hydrogen (secondary N) is 1. The van der Waals surface area contributed by atoms with Crippen LogP contribution in [0.4, 0.5) is 5.82 Å². The van der Waals surface area contributed by atoms with E-state index in [1.54, 1.807) is 6.20 Å². The second-order valence-electron chi connectivity index (χ2n) is 6.68. The quantitative estimate of drug-likeness (QED) is 0.473. The van der Waals surface area contributed by atoms with Crippen LogP contribution in [0.2, 0.25) is 0 Å². The van der Waals surface area contributed by atoms with Crippen LogP contribution in [-0.4, -0.2) is 10.1 Å². The van der Waals surface area contributed by atoms with E-state index in [4.69, 9.17) is 0 Å². The molecule has 0 aliphatic rings. The van der Waals surface area contributed by atoms with Gasteiger partial charge < -0.3 is 10.4 Å². The van der Waals surface area contributed by atoms with Crippen LogP contribution in [0.25, 0.3) is 0 Å². The van der Waals surface area contributed by atoms with Gasteiger partial charge in [0.1, 0.15) is 11.4 Å². The van der Waals surface area contributed by atoms with E-state index < -0.39 is 5.54 Å². The van der Waals surface area contributed by atoms with Gasteiger partial charge in [0.2, 0.25) is 0 Å². The molecule has 0 fully saturated rings. The minimum atomic E-state index is -0.600. The van der Waals surface area contributed by atoms with Gasteiger partial charge >= 0.3 is 0 Å². The van der Waals surface area contributed by atoms with E-state index >= 15 is 0 Å². The van der Waals surface area contributed by atoms with Gasteiger partial charge in [-0.25, -0.2) is 4.98 Å². The zero-order chi connectivity index (χ0) is 19.2. The van der Waals surface area contributed by atoms with Gasteiger partial charge in [-0.1, -0.05) is 97.1 Å². The Labute approximate surface area is 165 Å². The third-order valence-corrected chi connectivity index (χ3v) is 4.94. The predicted octanol–water partition coefficient (Wildman–Crippen LogP) is 4.98. The Morgan fingerprint density at radius 1 is 0.643 bits per heavy atom. The Morgan fingerprint density at radius 3 is 1.46 bits per heavy atom. The number of hydrogen-bond acceptors (Lipinski definition) is 3. The molecule has 4 rings (SSSR count). The monoisotopic (exact) mass is 366 g/mol. The van der Waals surface area contributed by atoms with Gasteiger partial charge in [0.05, 0.1) is 6.61 Å². The summed E-state index contributed by atoms with van der Waals surface area (Å²) in [4.78, 5) is 4.54. The van der Waals surface area contributed by atoms with Crippen LogP contribution < -0.4 is 5.32 Å².